The molecule has 0 aromatic heterocycles. The number of allylic oxidation sites excluding steroid dienone is 1. The van der Waals surface area contributed by atoms with Crippen molar-refractivity contribution in [3.05, 3.63) is 24.5 Å². The van der Waals surface area contributed by atoms with Gasteiger partial charge in [0.25, 0.3) is 0 Å². The standard InChI is InChI=1S/C19H35F2NO3Si/c1-8-14-15-19(7,24-18(23)22(9-2)10-3)16(17(20)21)25-26(11-4,12-5)13-6/h8H,1,9-15H2,2-7H3. The van der Waals surface area contributed by atoms with Crippen LogP contribution in [0, 0.1) is 0 Å². The Bertz CT molecular complexity index is 479. The molecule has 0 saturated carbocycles. The SMILES string of the molecule is C=CCCC(C)(OC(=O)N(CC)CC)C(O[Si](CC)(CC)CC)=C(F)F. The van der Waals surface area contributed by atoms with Crippen LogP contribution in [0.2, 0.25) is 18.1 Å². The molecule has 0 aromatic carbocycles. The number of carbonyl (C=O) groups is 1. The van der Waals surface area contributed by atoms with Crippen LogP contribution in [-0.4, -0.2) is 38.0 Å². The summed E-state index contributed by atoms with van der Waals surface area (Å²) in [5, 5.41) is 0. The molecule has 0 N–H and O–H groups in total. The monoisotopic (exact) mass is 391 g/mol. The lowest BCUT2D eigenvalue weighted by atomic mass is 9.97. The lowest BCUT2D eigenvalue weighted by Gasteiger charge is -2.38. The zero-order chi connectivity index (χ0) is 20.4. The van der Waals surface area contributed by atoms with Crippen LogP contribution in [0.25, 0.3) is 0 Å². The van der Waals surface area contributed by atoms with E-state index in [-0.39, 0.29) is 6.42 Å². The number of halogens is 2. The van der Waals surface area contributed by atoms with E-state index in [1.807, 2.05) is 34.6 Å². The topological polar surface area (TPSA) is 38.8 Å². The van der Waals surface area contributed by atoms with E-state index in [0.717, 1.165) is 18.1 Å². The van der Waals surface area contributed by atoms with Crippen molar-refractivity contribution < 1.29 is 22.7 Å². The molecule has 152 valence electrons. The average Bonchev–Trinajstić information content (AvgIpc) is 2.62. The van der Waals surface area contributed by atoms with E-state index in [1.165, 1.54) is 11.8 Å². The summed E-state index contributed by atoms with van der Waals surface area (Å²) < 4.78 is 39.4. The van der Waals surface area contributed by atoms with E-state index >= 15 is 0 Å². The lowest BCUT2D eigenvalue weighted by Crippen LogP contribution is -2.45. The van der Waals surface area contributed by atoms with Gasteiger partial charge >= 0.3 is 12.2 Å². The molecule has 1 amide bonds. The van der Waals surface area contributed by atoms with Gasteiger partial charge in [-0.05, 0) is 51.7 Å². The van der Waals surface area contributed by atoms with E-state index in [0.29, 0.717) is 19.5 Å². The number of hydrogen-bond donors (Lipinski definition) is 0. The van der Waals surface area contributed by atoms with Gasteiger partial charge in [0, 0.05) is 13.1 Å². The first kappa shape index (κ1) is 24.6. The molecule has 0 saturated heterocycles. The second-order valence-electron chi connectivity index (χ2n) is 6.53. The van der Waals surface area contributed by atoms with E-state index in [9.17, 15) is 13.6 Å². The summed E-state index contributed by atoms with van der Waals surface area (Å²) >= 11 is 0. The highest BCUT2D eigenvalue weighted by atomic mass is 28.4. The Morgan fingerprint density at radius 1 is 1.12 bits per heavy atom. The van der Waals surface area contributed by atoms with Crippen molar-refractivity contribution >= 4 is 14.4 Å². The number of hydrogen-bond acceptors (Lipinski definition) is 3. The highest BCUT2D eigenvalue weighted by Crippen LogP contribution is 2.37. The first-order valence-electron chi connectivity index (χ1n) is 9.52. The lowest BCUT2D eigenvalue weighted by molar-refractivity contribution is -0.00558. The van der Waals surface area contributed by atoms with Crippen molar-refractivity contribution in [1.82, 2.24) is 4.90 Å². The van der Waals surface area contributed by atoms with Gasteiger partial charge in [-0.2, -0.15) is 8.78 Å². The number of ether oxygens (including phenoxy) is 1. The average molecular weight is 392 g/mol. The Morgan fingerprint density at radius 3 is 1.96 bits per heavy atom. The molecular formula is C19H35F2NO3Si. The highest BCUT2D eigenvalue weighted by molar-refractivity contribution is 6.73. The molecule has 7 heteroatoms. The minimum absolute atomic E-state index is 0.192. The molecule has 0 aromatic rings. The zero-order valence-electron chi connectivity index (χ0n) is 17.2. The highest BCUT2D eigenvalue weighted by Gasteiger charge is 2.43. The number of carbonyl (C=O) groups excluding carboxylic acids is 1. The van der Waals surface area contributed by atoms with Crippen molar-refractivity contribution in [3.63, 3.8) is 0 Å². The maximum Gasteiger partial charge on any atom is 0.410 e. The Kier molecular flexibility index (Phi) is 10.8. The Balaban J connectivity index is 5.91. The van der Waals surface area contributed by atoms with E-state index in [4.69, 9.17) is 9.16 Å². The molecule has 1 unspecified atom stereocenters. The Hall–Kier alpha value is -1.37. The molecule has 0 aliphatic rings. The van der Waals surface area contributed by atoms with Crippen molar-refractivity contribution in [2.24, 2.45) is 0 Å². The van der Waals surface area contributed by atoms with Crippen LogP contribution in [0.5, 0.6) is 0 Å². The fourth-order valence-corrected chi connectivity index (χ4v) is 5.52. The predicted molar refractivity (Wildman–Crippen MR) is 105 cm³/mol. The molecule has 26 heavy (non-hydrogen) atoms. The van der Waals surface area contributed by atoms with Gasteiger partial charge in [-0.3, -0.25) is 0 Å². The molecule has 0 spiro atoms. The van der Waals surface area contributed by atoms with Crippen LogP contribution >= 0.6 is 0 Å². The van der Waals surface area contributed by atoms with Gasteiger partial charge in [0.2, 0.25) is 8.32 Å². The third-order valence-corrected chi connectivity index (χ3v) is 9.57. The molecule has 0 rings (SSSR count). The number of nitrogens with zero attached hydrogens (tertiary/aromatic N) is 1. The first-order chi connectivity index (χ1) is 12.2. The van der Waals surface area contributed by atoms with Crippen molar-refractivity contribution in [3.8, 4) is 0 Å². The van der Waals surface area contributed by atoms with Gasteiger partial charge in [0.15, 0.2) is 11.4 Å². The van der Waals surface area contributed by atoms with Gasteiger partial charge in [0.05, 0.1) is 0 Å². The second-order valence-corrected chi connectivity index (χ2v) is 11.2. The molecular weight excluding hydrogens is 356 g/mol. The van der Waals surface area contributed by atoms with Gasteiger partial charge in [0.1, 0.15) is 0 Å². The molecule has 4 nitrogen and oxygen atoms in total. The molecule has 0 heterocycles. The Morgan fingerprint density at radius 2 is 1.62 bits per heavy atom. The maximum atomic E-state index is 13.9. The summed E-state index contributed by atoms with van der Waals surface area (Å²) in [7, 11) is -2.36. The minimum atomic E-state index is -2.36. The summed E-state index contributed by atoms with van der Waals surface area (Å²) in [5.41, 5.74) is -1.52. The first-order valence-corrected chi connectivity index (χ1v) is 12.1. The quantitative estimate of drug-likeness (QED) is 0.222. The zero-order valence-corrected chi connectivity index (χ0v) is 18.2. The van der Waals surface area contributed by atoms with Crippen molar-refractivity contribution in [2.75, 3.05) is 13.1 Å². The fourth-order valence-electron chi connectivity index (χ4n) is 2.86. The van der Waals surface area contributed by atoms with Gasteiger partial charge in [-0.1, -0.05) is 26.8 Å². The van der Waals surface area contributed by atoms with E-state index in [1.54, 1.807) is 6.08 Å². The summed E-state index contributed by atoms with van der Waals surface area (Å²) in [6.45, 7) is 15.6. The molecule has 0 bridgehead atoms. The second kappa shape index (κ2) is 11.4. The number of amides is 1. The normalized spacial score (nSPS) is 13.5. The van der Waals surface area contributed by atoms with Crippen LogP contribution in [-0.2, 0) is 9.16 Å². The summed E-state index contributed by atoms with van der Waals surface area (Å²) in [4.78, 5) is 13.9. The maximum absolute atomic E-state index is 13.9. The minimum Gasteiger partial charge on any atom is -0.540 e. The Labute approximate surface area is 158 Å². The fraction of sp³-hybridized carbons (Fsp3) is 0.737. The van der Waals surface area contributed by atoms with Crippen molar-refractivity contribution in [2.45, 2.75) is 78.1 Å². The molecule has 0 radical (unpaired) electrons. The largest absolute Gasteiger partial charge is 0.540 e. The predicted octanol–water partition coefficient (Wildman–Crippen LogP) is 6.32. The molecule has 0 fully saturated rings. The summed E-state index contributed by atoms with van der Waals surface area (Å²) in [6.07, 6.45) is -0.280. The van der Waals surface area contributed by atoms with Crippen LogP contribution < -0.4 is 0 Å². The van der Waals surface area contributed by atoms with Crippen LogP contribution in [0.1, 0.15) is 54.4 Å². The van der Waals surface area contributed by atoms with E-state index < -0.39 is 31.9 Å². The third-order valence-electron chi connectivity index (χ3n) is 5.06. The summed E-state index contributed by atoms with van der Waals surface area (Å²) in [5.74, 6) is -0.489. The van der Waals surface area contributed by atoms with E-state index in [2.05, 4.69) is 6.58 Å². The smallest absolute Gasteiger partial charge is 0.410 e. The summed E-state index contributed by atoms with van der Waals surface area (Å²) in [6, 6.07) is 2.16. The third kappa shape index (κ3) is 6.41. The molecule has 0 aliphatic heterocycles. The van der Waals surface area contributed by atoms with Crippen LogP contribution in [0.4, 0.5) is 13.6 Å². The van der Waals surface area contributed by atoms with Gasteiger partial charge in [-0.15, -0.1) is 6.58 Å². The number of rotatable bonds is 12. The van der Waals surface area contributed by atoms with Crippen LogP contribution in [0.15, 0.2) is 24.5 Å². The molecule has 1 atom stereocenters. The van der Waals surface area contributed by atoms with Gasteiger partial charge in [-0.25, -0.2) is 4.79 Å². The molecule has 0 aliphatic carbocycles. The van der Waals surface area contributed by atoms with Gasteiger partial charge < -0.3 is 14.1 Å². The van der Waals surface area contributed by atoms with Crippen molar-refractivity contribution in [1.29, 1.82) is 0 Å². The van der Waals surface area contributed by atoms with Crippen LogP contribution in [0.3, 0.4) is 0 Å².